The molecule has 12 unspecified atom stereocenters. The average Bonchev–Trinajstić information content (AvgIpc) is 3.34. The second kappa shape index (κ2) is 40.1. The van der Waals surface area contributed by atoms with Crippen LogP contribution in [0.4, 0.5) is 0 Å². The number of aliphatic hydroxyl groups is 8. The van der Waals surface area contributed by atoms with Crippen LogP contribution in [0.2, 0.25) is 0 Å². The Bertz CT molecular complexity index is 1420. The van der Waals surface area contributed by atoms with Gasteiger partial charge >= 0.3 is 0 Å². The molecule has 2 fully saturated rings. The average molecular weight is 964 g/mol. The molecule has 14 nitrogen and oxygen atoms in total. The number of allylic oxidation sites excluding steroid dienone is 12. The summed E-state index contributed by atoms with van der Waals surface area (Å²) in [7, 11) is 0. The molecule has 1 amide bonds. The van der Waals surface area contributed by atoms with Gasteiger partial charge in [-0.05, 0) is 64.2 Å². The number of nitrogens with one attached hydrogen (secondary N) is 1. The van der Waals surface area contributed by atoms with Crippen LogP contribution in [0.15, 0.2) is 72.9 Å². The summed E-state index contributed by atoms with van der Waals surface area (Å²) >= 11 is 0. The molecule has 0 aromatic heterocycles. The van der Waals surface area contributed by atoms with E-state index in [1.165, 1.54) is 44.9 Å². The quantitative estimate of drug-likeness (QED) is 0.0220. The van der Waals surface area contributed by atoms with E-state index in [4.69, 9.17) is 18.9 Å². The van der Waals surface area contributed by atoms with Gasteiger partial charge in [-0.15, -0.1) is 0 Å². The number of hydrogen-bond donors (Lipinski definition) is 9. The third-order valence-corrected chi connectivity index (χ3v) is 12.4. The first kappa shape index (κ1) is 61.5. The highest BCUT2D eigenvalue weighted by Gasteiger charge is 2.51. The Kier molecular flexibility index (Phi) is 36.3. The smallest absolute Gasteiger partial charge is 0.220 e. The molecule has 0 aliphatic carbocycles. The molecule has 68 heavy (non-hydrogen) atoms. The first-order valence-corrected chi connectivity index (χ1v) is 26.2. The molecule has 9 N–H and O–H groups in total. The minimum atomic E-state index is -1.79. The zero-order chi connectivity index (χ0) is 49.6. The van der Waals surface area contributed by atoms with Crippen molar-refractivity contribution in [2.24, 2.45) is 0 Å². The number of hydrogen-bond acceptors (Lipinski definition) is 13. The third kappa shape index (κ3) is 26.6. The lowest BCUT2D eigenvalue weighted by Gasteiger charge is -2.46. The standard InChI is InChI=1S/C54H93NO13/c1-3-5-7-9-11-13-15-16-17-18-19-20-21-22-23-24-25-26-28-30-32-34-36-38-46(59)55-42(43(58)37-35-33-31-29-27-14-12-10-8-6-4-2)41-65-53-51(64)49(62)52(45(40-57)67-53)68-54-50(63)48(61)47(60)44(39-56)66-54/h5,7,11,13,16-17,19-20,22-23,25-26,42-45,47-54,56-58,60-64H,3-4,6,8-10,12,14-15,18,21,24,27-41H2,1-2H3,(H,55,59)/b7-5-,13-11-,17-16-,20-19-,23-22-,26-25-. The van der Waals surface area contributed by atoms with Crippen molar-refractivity contribution in [1.82, 2.24) is 5.32 Å². The molecular formula is C54H93NO13. The SMILES string of the molecule is CC/C=C\C/C=C\C/C=C\C/C=C\C/C=C\C/C=C\CCCCCCC(=O)NC(COC1OC(CO)C(OC2OC(CO)C(O)C(O)C2O)C(O)C1O)C(O)CCCCCCCCCCCCC. The number of unbranched alkanes of at least 4 members (excludes halogenated alkanes) is 14. The van der Waals surface area contributed by atoms with Crippen molar-refractivity contribution in [3.63, 3.8) is 0 Å². The fraction of sp³-hybridized carbons (Fsp3) is 0.759. The summed E-state index contributed by atoms with van der Waals surface area (Å²) in [5, 5.41) is 86.8. The number of carbonyl (C=O) groups excluding carboxylic acids is 1. The van der Waals surface area contributed by atoms with Crippen LogP contribution in [0.5, 0.6) is 0 Å². The summed E-state index contributed by atoms with van der Waals surface area (Å²) in [6.07, 6.45) is 33.3. The van der Waals surface area contributed by atoms with Crippen molar-refractivity contribution < 1.29 is 64.6 Å². The highest BCUT2D eigenvalue weighted by atomic mass is 16.7. The van der Waals surface area contributed by atoms with Gasteiger partial charge in [-0.1, -0.05) is 170 Å². The molecule has 0 radical (unpaired) electrons. The molecule has 0 aromatic carbocycles. The summed E-state index contributed by atoms with van der Waals surface area (Å²) < 4.78 is 22.7. The minimum absolute atomic E-state index is 0.236. The van der Waals surface area contributed by atoms with E-state index in [0.717, 1.165) is 89.9 Å². The Hall–Kier alpha value is -2.57. The Balaban J connectivity index is 1.80. The van der Waals surface area contributed by atoms with Crippen molar-refractivity contribution in [2.75, 3.05) is 19.8 Å². The van der Waals surface area contributed by atoms with Gasteiger partial charge in [0, 0.05) is 6.42 Å². The predicted octanol–water partition coefficient (Wildman–Crippen LogP) is 7.21. The number of amides is 1. The lowest BCUT2D eigenvalue weighted by Crippen LogP contribution is -2.65. The molecule has 2 heterocycles. The third-order valence-electron chi connectivity index (χ3n) is 12.4. The molecule has 392 valence electrons. The van der Waals surface area contributed by atoms with Crippen LogP contribution >= 0.6 is 0 Å². The summed E-state index contributed by atoms with van der Waals surface area (Å²) in [6.45, 7) is 2.68. The molecule has 0 spiro atoms. The van der Waals surface area contributed by atoms with Crippen molar-refractivity contribution in [2.45, 2.75) is 242 Å². The van der Waals surface area contributed by atoms with Gasteiger partial charge in [-0.3, -0.25) is 4.79 Å². The van der Waals surface area contributed by atoms with Gasteiger partial charge in [0.2, 0.25) is 5.91 Å². The monoisotopic (exact) mass is 964 g/mol. The van der Waals surface area contributed by atoms with Gasteiger partial charge < -0.3 is 65.1 Å². The fourth-order valence-corrected chi connectivity index (χ4v) is 8.18. The highest BCUT2D eigenvalue weighted by Crippen LogP contribution is 2.30. The van der Waals surface area contributed by atoms with E-state index in [-0.39, 0.29) is 18.9 Å². The molecule has 14 heteroatoms. The van der Waals surface area contributed by atoms with Crippen LogP contribution in [0.1, 0.15) is 168 Å². The Morgan fingerprint density at radius 2 is 1.01 bits per heavy atom. The van der Waals surface area contributed by atoms with Gasteiger partial charge in [0.15, 0.2) is 12.6 Å². The minimum Gasteiger partial charge on any atom is -0.394 e. The second-order valence-electron chi connectivity index (χ2n) is 18.3. The van der Waals surface area contributed by atoms with Gasteiger partial charge in [-0.25, -0.2) is 0 Å². The van der Waals surface area contributed by atoms with Crippen LogP contribution in [-0.2, 0) is 23.7 Å². The van der Waals surface area contributed by atoms with Crippen molar-refractivity contribution >= 4 is 5.91 Å². The molecule has 2 aliphatic heterocycles. The predicted molar refractivity (Wildman–Crippen MR) is 267 cm³/mol. The van der Waals surface area contributed by atoms with Crippen LogP contribution in [-0.4, -0.2) is 140 Å². The zero-order valence-corrected chi connectivity index (χ0v) is 41.6. The normalized spacial score (nSPS) is 27.0. The first-order chi connectivity index (χ1) is 33.1. The lowest BCUT2D eigenvalue weighted by atomic mass is 9.97. The molecular weight excluding hydrogens is 871 g/mol. The largest absolute Gasteiger partial charge is 0.394 e. The van der Waals surface area contributed by atoms with E-state index < -0.39 is 86.8 Å². The van der Waals surface area contributed by atoms with Gasteiger partial charge in [-0.2, -0.15) is 0 Å². The van der Waals surface area contributed by atoms with E-state index in [1.807, 2.05) is 0 Å². The number of carbonyl (C=O) groups is 1. The van der Waals surface area contributed by atoms with E-state index in [0.29, 0.717) is 12.8 Å². The summed E-state index contributed by atoms with van der Waals surface area (Å²) in [5.41, 5.74) is 0. The zero-order valence-electron chi connectivity index (χ0n) is 41.6. The van der Waals surface area contributed by atoms with E-state index >= 15 is 0 Å². The number of rotatable bonds is 39. The van der Waals surface area contributed by atoms with Gasteiger partial charge in [0.1, 0.15) is 48.8 Å². The Morgan fingerprint density at radius 3 is 1.56 bits per heavy atom. The van der Waals surface area contributed by atoms with Crippen molar-refractivity contribution in [3.05, 3.63) is 72.9 Å². The molecule has 12 atom stereocenters. The fourth-order valence-electron chi connectivity index (χ4n) is 8.18. The van der Waals surface area contributed by atoms with Crippen LogP contribution in [0, 0.1) is 0 Å². The molecule has 2 rings (SSSR count). The molecule has 0 bridgehead atoms. The summed E-state index contributed by atoms with van der Waals surface area (Å²) in [4.78, 5) is 13.2. The Labute approximate surface area is 408 Å². The van der Waals surface area contributed by atoms with Gasteiger partial charge in [0.25, 0.3) is 0 Å². The maximum Gasteiger partial charge on any atom is 0.220 e. The lowest BCUT2D eigenvalue weighted by molar-refractivity contribution is -0.359. The summed E-state index contributed by atoms with van der Waals surface area (Å²) in [5.74, 6) is -0.236. The van der Waals surface area contributed by atoms with Crippen molar-refractivity contribution in [3.8, 4) is 0 Å². The first-order valence-electron chi connectivity index (χ1n) is 26.2. The molecule has 2 aliphatic rings. The maximum absolute atomic E-state index is 13.2. The highest BCUT2D eigenvalue weighted by molar-refractivity contribution is 5.76. The summed E-state index contributed by atoms with van der Waals surface area (Å²) in [6, 6.07) is -0.845. The van der Waals surface area contributed by atoms with Crippen LogP contribution < -0.4 is 5.32 Å². The van der Waals surface area contributed by atoms with E-state index in [9.17, 15) is 45.6 Å². The van der Waals surface area contributed by atoms with Crippen LogP contribution in [0.25, 0.3) is 0 Å². The second-order valence-corrected chi connectivity index (χ2v) is 18.3. The maximum atomic E-state index is 13.2. The van der Waals surface area contributed by atoms with E-state index in [1.54, 1.807) is 0 Å². The topological polar surface area (TPSA) is 228 Å². The van der Waals surface area contributed by atoms with Gasteiger partial charge in [0.05, 0.1) is 32.0 Å². The van der Waals surface area contributed by atoms with Crippen LogP contribution in [0.3, 0.4) is 0 Å². The number of aliphatic hydroxyl groups excluding tert-OH is 8. The van der Waals surface area contributed by atoms with E-state index in [2.05, 4.69) is 92.1 Å². The molecule has 2 saturated heterocycles. The molecule has 0 aromatic rings. The van der Waals surface area contributed by atoms with Crippen molar-refractivity contribution in [1.29, 1.82) is 0 Å². The molecule has 0 saturated carbocycles. The number of ether oxygens (including phenoxy) is 4. The Morgan fingerprint density at radius 1 is 0.544 bits per heavy atom.